The van der Waals surface area contributed by atoms with Gasteiger partial charge in [-0.05, 0) is 54.7 Å². The Morgan fingerprint density at radius 3 is 2.45 bits per heavy atom. The van der Waals surface area contributed by atoms with Gasteiger partial charge in [0.1, 0.15) is 7.05 Å². The third-order valence-corrected chi connectivity index (χ3v) is 5.78. The molecule has 0 bridgehead atoms. The van der Waals surface area contributed by atoms with Gasteiger partial charge in [0.15, 0.2) is 6.20 Å². The molecule has 2 nitrogen and oxygen atoms in total. The van der Waals surface area contributed by atoms with Gasteiger partial charge in [0.05, 0.1) is 16.8 Å². The van der Waals surface area contributed by atoms with Crippen molar-refractivity contribution in [1.82, 2.24) is 4.98 Å². The molecule has 0 atom stereocenters. The molecule has 0 spiro atoms. The summed E-state index contributed by atoms with van der Waals surface area (Å²) in [7, 11) is 2.13. The molecule has 0 aliphatic heterocycles. The molecule has 0 aliphatic rings. The van der Waals surface area contributed by atoms with E-state index in [0.29, 0.717) is 0 Å². The highest BCUT2D eigenvalue weighted by Gasteiger charge is 2.24. The van der Waals surface area contributed by atoms with Gasteiger partial charge in [0.2, 0.25) is 5.69 Å². The SMILES string of the molecule is CCCc1cc(C)c(CC)c(-c2cccc[n+]2C)c1-c1ccc2ccccc2n1. The number of rotatable bonds is 5. The van der Waals surface area contributed by atoms with E-state index in [2.05, 4.69) is 99.2 Å². The largest absolute Gasteiger partial charge is 0.248 e. The summed E-state index contributed by atoms with van der Waals surface area (Å²) >= 11 is 0. The second-order valence-corrected chi connectivity index (χ2v) is 7.77. The standard InChI is InChI=1S/C27H29N2/c1-5-11-21-18-19(3)22(6-2)27(25-14-9-10-17-29(25)4)26(21)24-16-15-20-12-7-8-13-23(20)28-24/h7-10,12-18H,5-6,11H2,1-4H3/q+1. The first kappa shape index (κ1) is 19.3. The Hall–Kier alpha value is -3.00. The molecule has 2 heterocycles. The number of aryl methyl sites for hydroxylation is 3. The van der Waals surface area contributed by atoms with Crippen molar-refractivity contribution in [3.05, 3.63) is 83.6 Å². The fraction of sp³-hybridized carbons (Fsp3) is 0.259. The Balaban J connectivity index is 2.10. The summed E-state index contributed by atoms with van der Waals surface area (Å²) in [5, 5.41) is 1.18. The molecule has 0 N–H and O–H groups in total. The molecule has 2 aromatic carbocycles. The fourth-order valence-corrected chi connectivity index (χ4v) is 4.41. The predicted molar refractivity (Wildman–Crippen MR) is 122 cm³/mol. The molecule has 29 heavy (non-hydrogen) atoms. The van der Waals surface area contributed by atoms with Gasteiger partial charge in [-0.15, -0.1) is 0 Å². The maximum absolute atomic E-state index is 5.10. The molecule has 0 radical (unpaired) electrons. The van der Waals surface area contributed by atoms with Crippen LogP contribution in [0.3, 0.4) is 0 Å². The number of fused-ring (bicyclic) bond motifs is 1. The Kier molecular flexibility index (Phi) is 5.44. The average Bonchev–Trinajstić information content (AvgIpc) is 2.74. The summed E-state index contributed by atoms with van der Waals surface area (Å²) in [6.07, 6.45) is 5.31. The lowest BCUT2D eigenvalue weighted by atomic mass is 9.85. The molecule has 146 valence electrons. The van der Waals surface area contributed by atoms with E-state index in [0.717, 1.165) is 30.5 Å². The number of nitrogens with zero attached hydrogens (tertiary/aromatic N) is 2. The zero-order valence-electron chi connectivity index (χ0n) is 17.9. The third-order valence-electron chi connectivity index (χ3n) is 5.78. The van der Waals surface area contributed by atoms with Crippen molar-refractivity contribution < 1.29 is 4.57 Å². The van der Waals surface area contributed by atoms with Crippen molar-refractivity contribution in [2.24, 2.45) is 7.05 Å². The number of pyridine rings is 2. The van der Waals surface area contributed by atoms with Crippen LogP contribution in [0.2, 0.25) is 0 Å². The van der Waals surface area contributed by atoms with E-state index in [1.54, 1.807) is 0 Å². The van der Waals surface area contributed by atoms with Crippen LogP contribution in [-0.4, -0.2) is 4.98 Å². The summed E-state index contributed by atoms with van der Waals surface area (Å²) in [6.45, 7) is 6.76. The highest BCUT2D eigenvalue weighted by atomic mass is 14.9. The van der Waals surface area contributed by atoms with Crippen molar-refractivity contribution in [1.29, 1.82) is 0 Å². The van der Waals surface area contributed by atoms with Gasteiger partial charge in [-0.25, -0.2) is 9.55 Å². The minimum absolute atomic E-state index is 1.00. The molecule has 0 saturated heterocycles. The Labute approximate surface area is 173 Å². The van der Waals surface area contributed by atoms with Gasteiger partial charge in [0.25, 0.3) is 0 Å². The number of benzene rings is 2. The van der Waals surface area contributed by atoms with Crippen LogP contribution in [0.4, 0.5) is 0 Å². The second-order valence-electron chi connectivity index (χ2n) is 7.77. The number of hydrogen-bond donors (Lipinski definition) is 0. The highest BCUT2D eigenvalue weighted by molar-refractivity contribution is 5.88. The zero-order chi connectivity index (χ0) is 20.4. The van der Waals surface area contributed by atoms with Gasteiger partial charge in [-0.1, -0.05) is 50.6 Å². The van der Waals surface area contributed by atoms with Crippen LogP contribution in [0.15, 0.2) is 66.9 Å². The molecule has 0 saturated carbocycles. The predicted octanol–water partition coefficient (Wildman–Crippen LogP) is 6.22. The average molecular weight is 382 g/mol. The van der Waals surface area contributed by atoms with Crippen LogP contribution in [-0.2, 0) is 19.9 Å². The second kappa shape index (κ2) is 8.16. The maximum atomic E-state index is 5.10. The summed E-state index contributed by atoms with van der Waals surface area (Å²) < 4.78 is 2.23. The van der Waals surface area contributed by atoms with Crippen LogP contribution in [0.1, 0.15) is 37.0 Å². The van der Waals surface area contributed by atoms with Gasteiger partial charge >= 0.3 is 0 Å². The first-order valence-corrected chi connectivity index (χ1v) is 10.6. The van der Waals surface area contributed by atoms with Gasteiger partial charge in [0, 0.05) is 23.1 Å². The minimum Gasteiger partial charge on any atom is -0.248 e. The summed E-state index contributed by atoms with van der Waals surface area (Å²) in [6, 6.07) is 21.6. The van der Waals surface area contributed by atoms with Crippen LogP contribution >= 0.6 is 0 Å². The van der Waals surface area contributed by atoms with Gasteiger partial charge < -0.3 is 0 Å². The molecule has 4 aromatic rings. The zero-order valence-corrected chi connectivity index (χ0v) is 17.9. The molecule has 4 rings (SSSR count). The molecular formula is C27H29N2+. The fourth-order valence-electron chi connectivity index (χ4n) is 4.41. The van der Waals surface area contributed by atoms with E-state index < -0.39 is 0 Å². The lowest BCUT2D eigenvalue weighted by Crippen LogP contribution is -2.30. The number of hydrogen-bond acceptors (Lipinski definition) is 1. The molecule has 0 amide bonds. The molecule has 2 heteroatoms. The van der Waals surface area contributed by atoms with Crippen molar-refractivity contribution >= 4 is 10.9 Å². The topological polar surface area (TPSA) is 16.8 Å². The summed E-state index contributed by atoms with van der Waals surface area (Å²) in [5.41, 5.74) is 10.2. The normalized spacial score (nSPS) is 11.2. The summed E-state index contributed by atoms with van der Waals surface area (Å²) in [5.74, 6) is 0. The quantitative estimate of drug-likeness (QED) is 0.375. The highest BCUT2D eigenvalue weighted by Crippen LogP contribution is 2.39. The molecule has 0 fully saturated rings. The van der Waals surface area contributed by atoms with Gasteiger partial charge in [-0.2, -0.15) is 0 Å². The maximum Gasteiger partial charge on any atom is 0.213 e. The molecule has 0 aliphatic carbocycles. The number of aromatic nitrogens is 2. The lowest BCUT2D eigenvalue weighted by Gasteiger charge is -2.19. The van der Waals surface area contributed by atoms with Crippen LogP contribution < -0.4 is 4.57 Å². The van der Waals surface area contributed by atoms with E-state index in [4.69, 9.17) is 4.98 Å². The first-order valence-electron chi connectivity index (χ1n) is 10.6. The van der Waals surface area contributed by atoms with Crippen LogP contribution in [0.5, 0.6) is 0 Å². The van der Waals surface area contributed by atoms with E-state index in [-0.39, 0.29) is 0 Å². The Bertz CT molecular complexity index is 1170. The van der Waals surface area contributed by atoms with E-state index in [1.807, 2.05) is 0 Å². The van der Waals surface area contributed by atoms with Crippen molar-refractivity contribution in [3.63, 3.8) is 0 Å². The van der Waals surface area contributed by atoms with E-state index in [1.165, 1.54) is 38.9 Å². The van der Waals surface area contributed by atoms with Crippen molar-refractivity contribution in [3.8, 4) is 22.5 Å². The minimum atomic E-state index is 1.00. The first-order chi connectivity index (χ1) is 14.1. The lowest BCUT2D eigenvalue weighted by molar-refractivity contribution is -0.660. The van der Waals surface area contributed by atoms with Crippen molar-refractivity contribution in [2.75, 3.05) is 0 Å². The van der Waals surface area contributed by atoms with E-state index >= 15 is 0 Å². The van der Waals surface area contributed by atoms with Crippen LogP contribution in [0.25, 0.3) is 33.4 Å². The van der Waals surface area contributed by atoms with Crippen molar-refractivity contribution in [2.45, 2.75) is 40.0 Å². The third kappa shape index (κ3) is 3.55. The smallest absolute Gasteiger partial charge is 0.213 e. The van der Waals surface area contributed by atoms with Crippen LogP contribution in [0, 0.1) is 6.92 Å². The van der Waals surface area contributed by atoms with E-state index in [9.17, 15) is 0 Å². The number of para-hydroxylation sites is 1. The molecule has 2 aromatic heterocycles. The van der Waals surface area contributed by atoms with Gasteiger partial charge in [-0.3, -0.25) is 0 Å². The summed E-state index contributed by atoms with van der Waals surface area (Å²) in [4.78, 5) is 5.10. The molecule has 0 unspecified atom stereocenters. The Morgan fingerprint density at radius 2 is 1.69 bits per heavy atom. The monoisotopic (exact) mass is 381 g/mol. The Morgan fingerprint density at radius 1 is 0.897 bits per heavy atom. The molecular weight excluding hydrogens is 352 g/mol.